The highest BCUT2D eigenvalue weighted by Crippen LogP contribution is 2.17. The summed E-state index contributed by atoms with van der Waals surface area (Å²) in [4.78, 5) is 4.38. The standard InChI is InChI=1S/C10H17N3OS/c1-15-7-9-12-10(14-13-9)6-8-2-4-11-5-3-8/h8,11H,2-7H2,1H3. The van der Waals surface area contributed by atoms with Crippen molar-refractivity contribution >= 4 is 11.8 Å². The van der Waals surface area contributed by atoms with E-state index >= 15 is 0 Å². The molecule has 0 aliphatic carbocycles. The lowest BCUT2D eigenvalue weighted by molar-refractivity contribution is 0.312. The van der Waals surface area contributed by atoms with Crippen LogP contribution in [-0.2, 0) is 12.2 Å². The van der Waals surface area contributed by atoms with E-state index in [2.05, 4.69) is 15.5 Å². The second-order valence-corrected chi connectivity index (χ2v) is 4.80. The van der Waals surface area contributed by atoms with Crippen LogP contribution in [0, 0.1) is 5.92 Å². The minimum absolute atomic E-state index is 0.717. The Kier molecular flexibility index (Phi) is 4.02. The van der Waals surface area contributed by atoms with E-state index in [9.17, 15) is 0 Å². The highest BCUT2D eigenvalue weighted by Gasteiger charge is 2.16. The van der Waals surface area contributed by atoms with Crippen LogP contribution in [0.2, 0.25) is 0 Å². The Bertz CT molecular complexity index is 297. The molecule has 1 aliphatic rings. The molecule has 2 heterocycles. The first-order valence-corrected chi connectivity index (χ1v) is 6.79. The Morgan fingerprint density at radius 3 is 3.00 bits per heavy atom. The lowest BCUT2D eigenvalue weighted by atomic mass is 9.95. The number of thioether (sulfide) groups is 1. The zero-order valence-electron chi connectivity index (χ0n) is 9.03. The van der Waals surface area contributed by atoms with Crippen molar-refractivity contribution in [2.75, 3.05) is 19.3 Å². The van der Waals surface area contributed by atoms with Crippen LogP contribution in [0.5, 0.6) is 0 Å². The second-order valence-electron chi connectivity index (χ2n) is 3.93. The number of nitrogens with zero attached hydrogens (tertiary/aromatic N) is 2. The van der Waals surface area contributed by atoms with Crippen molar-refractivity contribution in [3.8, 4) is 0 Å². The van der Waals surface area contributed by atoms with Gasteiger partial charge in [0.25, 0.3) is 0 Å². The van der Waals surface area contributed by atoms with Gasteiger partial charge in [0.2, 0.25) is 5.89 Å². The summed E-state index contributed by atoms with van der Waals surface area (Å²) in [7, 11) is 0. The predicted octanol–water partition coefficient (Wildman–Crippen LogP) is 1.47. The van der Waals surface area contributed by atoms with Gasteiger partial charge in [0, 0.05) is 6.42 Å². The van der Waals surface area contributed by atoms with Crippen LogP contribution in [0.4, 0.5) is 0 Å². The Labute approximate surface area is 94.2 Å². The third kappa shape index (κ3) is 3.21. The number of rotatable bonds is 4. The number of nitrogens with one attached hydrogen (secondary N) is 1. The average Bonchev–Trinajstić information content (AvgIpc) is 2.68. The smallest absolute Gasteiger partial charge is 0.226 e. The summed E-state index contributed by atoms with van der Waals surface area (Å²) in [5, 5.41) is 7.30. The molecule has 0 saturated carbocycles. The monoisotopic (exact) mass is 227 g/mol. The first-order chi connectivity index (χ1) is 7.38. The fraction of sp³-hybridized carbons (Fsp3) is 0.800. The van der Waals surface area contributed by atoms with Gasteiger partial charge in [-0.2, -0.15) is 16.7 Å². The van der Waals surface area contributed by atoms with Gasteiger partial charge in [-0.15, -0.1) is 0 Å². The van der Waals surface area contributed by atoms with Gasteiger partial charge in [-0.3, -0.25) is 0 Å². The molecule has 0 unspecified atom stereocenters. The molecule has 15 heavy (non-hydrogen) atoms. The largest absolute Gasteiger partial charge is 0.339 e. The van der Waals surface area contributed by atoms with E-state index in [1.807, 2.05) is 6.26 Å². The summed E-state index contributed by atoms with van der Waals surface area (Å²) in [6.45, 7) is 2.24. The SMILES string of the molecule is CSCc1noc(CC2CCNCC2)n1. The number of piperidine rings is 1. The van der Waals surface area contributed by atoms with Crippen LogP contribution in [0.3, 0.4) is 0 Å². The summed E-state index contributed by atoms with van der Waals surface area (Å²) < 4.78 is 5.23. The summed E-state index contributed by atoms with van der Waals surface area (Å²) in [5.74, 6) is 3.20. The first kappa shape index (κ1) is 11.0. The van der Waals surface area contributed by atoms with Crippen molar-refractivity contribution in [2.24, 2.45) is 5.92 Å². The number of hydrogen-bond acceptors (Lipinski definition) is 5. The van der Waals surface area contributed by atoms with E-state index in [0.717, 1.165) is 37.0 Å². The van der Waals surface area contributed by atoms with Gasteiger partial charge in [-0.25, -0.2) is 0 Å². The van der Waals surface area contributed by atoms with Crippen molar-refractivity contribution < 1.29 is 4.52 Å². The highest BCUT2D eigenvalue weighted by molar-refractivity contribution is 7.97. The van der Waals surface area contributed by atoms with Crippen LogP contribution in [0.1, 0.15) is 24.6 Å². The molecule has 1 aromatic rings. The normalized spacial score (nSPS) is 18.2. The Morgan fingerprint density at radius 2 is 2.27 bits per heavy atom. The molecule has 0 amide bonds. The van der Waals surface area contributed by atoms with E-state index in [-0.39, 0.29) is 0 Å². The first-order valence-electron chi connectivity index (χ1n) is 5.39. The van der Waals surface area contributed by atoms with Gasteiger partial charge in [-0.1, -0.05) is 5.16 Å². The second kappa shape index (κ2) is 5.51. The molecule has 0 aromatic carbocycles. The highest BCUT2D eigenvalue weighted by atomic mass is 32.2. The van der Waals surface area contributed by atoms with Gasteiger partial charge in [-0.05, 0) is 38.1 Å². The van der Waals surface area contributed by atoms with Crippen molar-refractivity contribution in [1.82, 2.24) is 15.5 Å². The maximum atomic E-state index is 5.23. The van der Waals surface area contributed by atoms with E-state index in [1.165, 1.54) is 12.8 Å². The van der Waals surface area contributed by atoms with Crippen LogP contribution in [-0.4, -0.2) is 29.5 Å². The number of aromatic nitrogens is 2. The van der Waals surface area contributed by atoms with Crippen molar-refractivity contribution in [1.29, 1.82) is 0 Å². The molecule has 5 heteroatoms. The van der Waals surface area contributed by atoms with Crippen LogP contribution < -0.4 is 5.32 Å². The molecule has 4 nitrogen and oxygen atoms in total. The van der Waals surface area contributed by atoms with Gasteiger partial charge in [0.15, 0.2) is 5.82 Å². The fourth-order valence-electron chi connectivity index (χ4n) is 1.89. The van der Waals surface area contributed by atoms with Crippen LogP contribution in [0.15, 0.2) is 4.52 Å². The molecule has 2 rings (SSSR count). The third-order valence-electron chi connectivity index (χ3n) is 2.71. The molecule has 1 aromatic heterocycles. The zero-order valence-corrected chi connectivity index (χ0v) is 9.85. The maximum absolute atomic E-state index is 5.23. The molecule has 1 fully saturated rings. The predicted molar refractivity (Wildman–Crippen MR) is 60.8 cm³/mol. The minimum atomic E-state index is 0.717. The summed E-state index contributed by atoms with van der Waals surface area (Å²) in [5.41, 5.74) is 0. The fourth-order valence-corrected chi connectivity index (χ4v) is 2.27. The number of hydrogen-bond donors (Lipinski definition) is 1. The Balaban J connectivity index is 1.86. The molecular weight excluding hydrogens is 210 g/mol. The minimum Gasteiger partial charge on any atom is -0.339 e. The molecule has 1 aliphatic heterocycles. The summed E-state index contributed by atoms with van der Waals surface area (Å²) >= 11 is 1.72. The van der Waals surface area contributed by atoms with Gasteiger partial charge in [0.05, 0.1) is 5.75 Å². The molecular formula is C10H17N3OS. The van der Waals surface area contributed by atoms with Crippen LogP contribution in [0.25, 0.3) is 0 Å². The molecule has 0 spiro atoms. The van der Waals surface area contributed by atoms with Gasteiger partial charge in [0.1, 0.15) is 0 Å². The quantitative estimate of drug-likeness (QED) is 0.844. The molecule has 1 N–H and O–H groups in total. The summed E-state index contributed by atoms with van der Waals surface area (Å²) in [6.07, 6.45) is 5.44. The lowest BCUT2D eigenvalue weighted by Crippen LogP contribution is -2.28. The molecule has 0 bridgehead atoms. The molecule has 1 saturated heterocycles. The molecule has 0 radical (unpaired) electrons. The van der Waals surface area contributed by atoms with E-state index in [4.69, 9.17) is 4.52 Å². The van der Waals surface area contributed by atoms with Gasteiger partial charge >= 0.3 is 0 Å². The van der Waals surface area contributed by atoms with Crippen LogP contribution >= 0.6 is 11.8 Å². The average molecular weight is 227 g/mol. The zero-order chi connectivity index (χ0) is 10.5. The van der Waals surface area contributed by atoms with E-state index < -0.39 is 0 Å². The van der Waals surface area contributed by atoms with E-state index in [0.29, 0.717) is 5.92 Å². The van der Waals surface area contributed by atoms with E-state index in [1.54, 1.807) is 11.8 Å². The third-order valence-corrected chi connectivity index (χ3v) is 3.25. The topological polar surface area (TPSA) is 51.0 Å². The summed E-state index contributed by atoms with van der Waals surface area (Å²) in [6, 6.07) is 0. The van der Waals surface area contributed by atoms with Gasteiger partial charge < -0.3 is 9.84 Å². The molecule has 0 atom stereocenters. The Morgan fingerprint density at radius 1 is 1.47 bits per heavy atom. The van der Waals surface area contributed by atoms with Crippen molar-refractivity contribution in [3.63, 3.8) is 0 Å². The van der Waals surface area contributed by atoms with Crippen molar-refractivity contribution in [2.45, 2.75) is 25.0 Å². The lowest BCUT2D eigenvalue weighted by Gasteiger charge is -2.20. The maximum Gasteiger partial charge on any atom is 0.226 e. The van der Waals surface area contributed by atoms with Crippen molar-refractivity contribution in [3.05, 3.63) is 11.7 Å². The molecule has 84 valence electrons. The Hall–Kier alpha value is -0.550.